The maximum atomic E-state index is 13.1. The van der Waals surface area contributed by atoms with Crippen LogP contribution in [0.5, 0.6) is 0 Å². The van der Waals surface area contributed by atoms with Crippen LogP contribution in [-0.2, 0) is 14.3 Å². The van der Waals surface area contributed by atoms with Gasteiger partial charge in [0.05, 0.1) is 25.4 Å². The molecule has 84 heavy (non-hydrogen) atoms. The van der Waals surface area contributed by atoms with Crippen molar-refractivity contribution in [3.63, 3.8) is 0 Å². The van der Waals surface area contributed by atoms with Crippen LogP contribution in [0.3, 0.4) is 0 Å². The topological polar surface area (TPSA) is 149 Å². The van der Waals surface area contributed by atoms with Crippen molar-refractivity contribution >= 4 is 5.91 Å². The lowest BCUT2D eigenvalue weighted by Crippen LogP contribution is -2.60. The molecule has 0 saturated carbocycles. The van der Waals surface area contributed by atoms with E-state index in [0.717, 1.165) is 116 Å². The van der Waals surface area contributed by atoms with Gasteiger partial charge in [0, 0.05) is 6.42 Å². The Balaban J connectivity index is 2.15. The SMILES string of the molecule is CC/C=C\C/C=C\C/C=C\C/C=C\C/C=C\C/C=C\C/C=C\C/C=C\C/C=C\C/C=C\CCCCCCCCCCCCC(=O)NC(COC1OC(CO)C(O)C(O)C1O)C(O)/C=C/CCCCCCCCCCCCCCCCCCCC. The molecule has 0 aromatic rings. The van der Waals surface area contributed by atoms with Crippen molar-refractivity contribution in [1.82, 2.24) is 5.32 Å². The molecule has 1 saturated heterocycles. The smallest absolute Gasteiger partial charge is 0.220 e. The lowest BCUT2D eigenvalue weighted by atomic mass is 9.99. The maximum absolute atomic E-state index is 13.1. The molecular weight excluding hydrogens is 1040 g/mol. The summed E-state index contributed by atoms with van der Waals surface area (Å²) in [5, 5.41) is 54.7. The van der Waals surface area contributed by atoms with E-state index in [4.69, 9.17) is 9.47 Å². The van der Waals surface area contributed by atoms with Gasteiger partial charge in [-0.05, 0) is 96.3 Å². The number of ether oxygens (including phenoxy) is 2. The Morgan fingerprint density at radius 1 is 0.417 bits per heavy atom. The molecule has 1 aliphatic rings. The van der Waals surface area contributed by atoms with Gasteiger partial charge in [0.25, 0.3) is 0 Å². The monoisotopic (exact) mass is 1170 g/mol. The van der Waals surface area contributed by atoms with Crippen LogP contribution in [-0.4, -0.2) is 87.5 Å². The third kappa shape index (κ3) is 50.5. The molecule has 0 bridgehead atoms. The maximum Gasteiger partial charge on any atom is 0.220 e. The number of unbranched alkanes of at least 4 members (excludes halogenated alkanes) is 28. The van der Waals surface area contributed by atoms with Crippen LogP contribution >= 0.6 is 0 Å². The van der Waals surface area contributed by atoms with Crippen LogP contribution in [0, 0.1) is 0 Å². The van der Waals surface area contributed by atoms with Gasteiger partial charge in [0.15, 0.2) is 6.29 Å². The number of rotatable bonds is 58. The largest absolute Gasteiger partial charge is 0.394 e. The third-order valence-electron chi connectivity index (χ3n) is 15.5. The molecule has 480 valence electrons. The highest BCUT2D eigenvalue weighted by atomic mass is 16.7. The Morgan fingerprint density at radius 2 is 0.738 bits per heavy atom. The Bertz CT molecular complexity index is 1790. The van der Waals surface area contributed by atoms with Gasteiger partial charge in [0.1, 0.15) is 24.4 Å². The minimum atomic E-state index is -1.57. The highest BCUT2D eigenvalue weighted by Crippen LogP contribution is 2.23. The van der Waals surface area contributed by atoms with Gasteiger partial charge in [-0.15, -0.1) is 0 Å². The highest BCUT2D eigenvalue weighted by molar-refractivity contribution is 5.76. The molecule has 7 atom stereocenters. The second kappa shape index (κ2) is 62.4. The summed E-state index contributed by atoms with van der Waals surface area (Å²) < 4.78 is 11.3. The summed E-state index contributed by atoms with van der Waals surface area (Å²) in [5.41, 5.74) is 0. The van der Waals surface area contributed by atoms with Crippen molar-refractivity contribution in [3.8, 4) is 0 Å². The van der Waals surface area contributed by atoms with E-state index in [1.165, 1.54) is 141 Å². The minimum Gasteiger partial charge on any atom is -0.394 e. The normalized spacial score (nSPS) is 19.1. The standard InChI is InChI=1S/C75H127NO8/c1-3-5-7-9-11-13-15-17-19-21-23-25-26-27-28-29-30-31-32-33-34-35-36-37-38-39-40-41-42-43-44-45-47-49-51-53-55-57-59-61-63-65-71(79)76-68(67-83-75-74(82)73(81)72(80)70(66-77)84-75)69(78)64-62-60-58-56-54-52-50-48-46-24-22-20-18-16-14-12-10-8-6-4-2/h5,7,11,13,17,19,23,25,27-28,30-31,33-34,36-37,39-40,42-43,62,64,68-70,72-75,77-78,80-82H,3-4,6,8-10,12,14-16,18,20-22,24,26,29,32,35,38,41,44-61,63,65-67H2,1-2H3,(H,76,79)/b7-5-,13-11-,19-17-,25-23-,28-27-,31-30-,34-33-,37-36-,40-39-,43-42-,64-62+. The zero-order chi connectivity index (χ0) is 60.7. The average Bonchev–Trinajstić information content (AvgIpc) is 3.70. The zero-order valence-electron chi connectivity index (χ0n) is 53.6. The van der Waals surface area contributed by atoms with Crippen LogP contribution in [0.1, 0.15) is 277 Å². The molecule has 0 aromatic heterocycles. The average molecular weight is 1170 g/mol. The molecule has 0 aromatic carbocycles. The van der Waals surface area contributed by atoms with Crippen molar-refractivity contribution in [2.45, 2.75) is 320 Å². The van der Waals surface area contributed by atoms with Crippen molar-refractivity contribution in [2.75, 3.05) is 13.2 Å². The van der Waals surface area contributed by atoms with Gasteiger partial charge >= 0.3 is 0 Å². The molecule has 9 nitrogen and oxygen atoms in total. The summed E-state index contributed by atoms with van der Waals surface area (Å²) in [7, 11) is 0. The van der Waals surface area contributed by atoms with E-state index in [1.54, 1.807) is 6.08 Å². The molecule has 0 spiro atoms. The molecule has 1 rings (SSSR count). The van der Waals surface area contributed by atoms with E-state index in [-0.39, 0.29) is 12.5 Å². The van der Waals surface area contributed by atoms with Gasteiger partial charge < -0.3 is 40.3 Å². The van der Waals surface area contributed by atoms with Gasteiger partial charge in [-0.25, -0.2) is 0 Å². The number of nitrogens with one attached hydrogen (secondary N) is 1. The van der Waals surface area contributed by atoms with Crippen molar-refractivity contribution in [3.05, 3.63) is 134 Å². The predicted octanol–water partition coefficient (Wildman–Crippen LogP) is 18.8. The van der Waals surface area contributed by atoms with Gasteiger partial charge in [-0.2, -0.15) is 0 Å². The first-order chi connectivity index (χ1) is 41.3. The number of hydrogen-bond donors (Lipinski definition) is 6. The first-order valence-corrected chi connectivity index (χ1v) is 34.4. The van der Waals surface area contributed by atoms with E-state index in [9.17, 15) is 30.3 Å². The summed E-state index contributed by atoms with van der Waals surface area (Å²) in [6.45, 7) is 3.68. The molecule has 7 unspecified atom stereocenters. The van der Waals surface area contributed by atoms with Crippen LogP contribution in [0.15, 0.2) is 134 Å². The van der Waals surface area contributed by atoms with E-state index in [2.05, 4.69) is 141 Å². The number of hydrogen-bond acceptors (Lipinski definition) is 8. The van der Waals surface area contributed by atoms with E-state index in [1.807, 2.05) is 6.08 Å². The molecule has 1 heterocycles. The first-order valence-electron chi connectivity index (χ1n) is 34.4. The Kier molecular flexibility index (Phi) is 58.2. The number of carbonyl (C=O) groups is 1. The summed E-state index contributed by atoms with van der Waals surface area (Å²) in [6, 6.07) is -0.817. The molecule has 1 fully saturated rings. The summed E-state index contributed by atoms with van der Waals surface area (Å²) >= 11 is 0. The fourth-order valence-corrected chi connectivity index (χ4v) is 10.1. The molecule has 0 aliphatic carbocycles. The summed E-state index contributed by atoms with van der Waals surface area (Å²) in [4.78, 5) is 13.1. The third-order valence-corrected chi connectivity index (χ3v) is 15.5. The Hall–Kier alpha value is -3.67. The van der Waals surface area contributed by atoms with Crippen LogP contribution in [0.25, 0.3) is 0 Å². The predicted molar refractivity (Wildman–Crippen MR) is 359 cm³/mol. The van der Waals surface area contributed by atoms with E-state index in [0.29, 0.717) is 6.42 Å². The zero-order valence-corrected chi connectivity index (χ0v) is 53.6. The number of amides is 1. The molecule has 9 heteroatoms. The number of allylic oxidation sites excluding steroid dienone is 21. The van der Waals surface area contributed by atoms with Crippen molar-refractivity contribution in [1.29, 1.82) is 0 Å². The quantitative estimate of drug-likeness (QED) is 0.0261. The summed E-state index contributed by atoms with van der Waals surface area (Å²) in [6.07, 6.45) is 88.2. The Morgan fingerprint density at radius 3 is 1.10 bits per heavy atom. The molecule has 6 N–H and O–H groups in total. The lowest BCUT2D eigenvalue weighted by molar-refractivity contribution is -0.302. The van der Waals surface area contributed by atoms with Crippen LogP contribution in [0.4, 0.5) is 0 Å². The lowest BCUT2D eigenvalue weighted by Gasteiger charge is -2.40. The summed E-state index contributed by atoms with van der Waals surface area (Å²) in [5.74, 6) is -0.184. The van der Waals surface area contributed by atoms with Crippen molar-refractivity contribution < 1.29 is 39.8 Å². The van der Waals surface area contributed by atoms with Gasteiger partial charge in [0.2, 0.25) is 5.91 Å². The second-order valence-electron chi connectivity index (χ2n) is 23.2. The van der Waals surface area contributed by atoms with E-state index < -0.39 is 49.5 Å². The fraction of sp³-hybridized carbons (Fsp3) is 0.693. The number of aliphatic hydroxyl groups excluding tert-OH is 5. The second-order valence-corrected chi connectivity index (χ2v) is 23.2. The van der Waals surface area contributed by atoms with Crippen LogP contribution < -0.4 is 5.32 Å². The minimum absolute atomic E-state index is 0.184. The molecule has 0 radical (unpaired) electrons. The van der Waals surface area contributed by atoms with Gasteiger partial charge in [-0.3, -0.25) is 4.79 Å². The number of carbonyl (C=O) groups excluding carboxylic acids is 1. The molecule has 1 amide bonds. The van der Waals surface area contributed by atoms with Crippen molar-refractivity contribution in [2.24, 2.45) is 0 Å². The molecular formula is C75H127NO8. The fourth-order valence-electron chi connectivity index (χ4n) is 10.1. The highest BCUT2D eigenvalue weighted by Gasteiger charge is 2.44. The Labute approximate surface area is 515 Å². The number of aliphatic hydroxyl groups is 5. The molecule has 1 aliphatic heterocycles. The van der Waals surface area contributed by atoms with Crippen LogP contribution in [0.2, 0.25) is 0 Å². The van der Waals surface area contributed by atoms with E-state index >= 15 is 0 Å². The van der Waals surface area contributed by atoms with Gasteiger partial charge in [-0.1, -0.05) is 308 Å². The first kappa shape index (κ1) is 78.3.